The number of carbonyl (C=O) groups is 1. The molecule has 1 N–H and O–H groups in total. The topological polar surface area (TPSA) is 42.1 Å². The number of carbonyl (C=O) groups excluding carboxylic acids is 1. The van der Waals surface area contributed by atoms with Crippen molar-refractivity contribution in [1.29, 1.82) is 0 Å². The van der Waals surface area contributed by atoms with Crippen LogP contribution in [-0.4, -0.2) is 17.4 Å². The summed E-state index contributed by atoms with van der Waals surface area (Å²) in [4.78, 5) is 15.0. The number of ether oxygens (including phenoxy) is 1. The van der Waals surface area contributed by atoms with Crippen LogP contribution in [0.4, 0.5) is 0 Å². The molecule has 1 unspecified atom stereocenters. The van der Waals surface area contributed by atoms with E-state index in [4.69, 9.17) is 4.74 Å². The smallest absolute Gasteiger partial charge is 0.173 e. The predicted molar refractivity (Wildman–Crippen MR) is 70.6 cm³/mol. The van der Waals surface area contributed by atoms with Gasteiger partial charge in [0, 0.05) is 17.8 Å². The van der Waals surface area contributed by atoms with Gasteiger partial charge in [0.15, 0.2) is 5.78 Å². The molecule has 2 rings (SSSR count). The molecule has 1 aromatic carbocycles. The summed E-state index contributed by atoms with van der Waals surface area (Å²) in [6.07, 6.45) is 2.59. The minimum atomic E-state index is -0.0348. The van der Waals surface area contributed by atoms with Crippen LogP contribution in [0.25, 0.3) is 0 Å². The zero-order valence-electron chi connectivity index (χ0n) is 10.4. The van der Waals surface area contributed by atoms with E-state index < -0.39 is 0 Å². The van der Waals surface area contributed by atoms with E-state index in [1.54, 1.807) is 0 Å². The van der Waals surface area contributed by atoms with Crippen LogP contribution < -0.4 is 4.74 Å². The molecule has 0 radical (unpaired) electrons. The number of hydrogen-bond acceptors (Lipinski definition) is 2. The molecule has 0 saturated carbocycles. The summed E-state index contributed by atoms with van der Waals surface area (Å²) in [7, 11) is 0. The SMILES string of the molecule is CC(Cc1ccc[nH]1)C(=O)COc1ccccc1. The standard InChI is InChI=1S/C15H17NO2/c1-12(10-13-6-5-9-16-13)15(17)11-18-14-7-3-2-4-8-14/h2-9,12,16H,10-11H2,1H3. The number of aromatic amines is 1. The highest BCUT2D eigenvalue weighted by Gasteiger charge is 2.14. The normalized spacial score (nSPS) is 12.1. The van der Waals surface area contributed by atoms with E-state index in [0.717, 1.165) is 17.9 Å². The fraction of sp³-hybridized carbons (Fsp3) is 0.267. The maximum Gasteiger partial charge on any atom is 0.173 e. The molecule has 1 atom stereocenters. The first-order valence-electron chi connectivity index (χ1n) is 6.08. The van der Waals surface area contributed by atoms with Crippen molar-refractivity contribution in [2.45, 2.75) is 13.3 Å². The molecular formula is C15H17NO2. The molecule has 94 valence electrons. The van der Waals surface area contributed by atoms with Crippen LogP contribution in [0, 0.1) is 5.92 Å². The quantitative estimate of drug-likeness (QED) is 0.847. The largest absolute Gasteiger partial charge is 0.486 e. The number of H-pyrrole nitrogens is 1. The Morgan fingerprint density at radius 2 is 2.00 bits per heavy atom. The summed E-state index contributed by atoms with van der Waals surface area (Å²) < 4.78 is 5.45. The number of nitrogens with one attached hydrogen (secondary N) is 1. The molecule has 1 aromatic heterocycles. The van der Waals surface area contributed by atoms with Crippen LogP contribution in [-0.2, 0) is 11.2 Å². The third-order valence-corrected chi connectivity index (χ3v) is 2.86. The van der Waals surface area contributed by atoms with Crippen LogP contribution in [0.5, 0.6) is 5.75 Å². The molecule has 18 heavy (non-hydrogen) atoms. The number of ketones is 1. The Labute approximate surface area is 107 Å². The molecule has 1 heterocycles. The van der Waals surface area contributed by atoms with Gasteiger partial charge in [0.05, 0.1) is 0 Å². The number of hydrogen-bond donors (Lipinski definition) is 1. The summed E-state index contributed by atoms with van der Waals surface area (Å²) in [6.45, 7) is 2.06. The summed E-state index contributed by atoms with van der Waals surface area (Å²) in [5.74, 6) is 0.818. The van der Waals surface area contributed by atoms with E-state index in [1.807, 2.05) is 55.6 Å². The van der Waals surface area contributed by atoms with Gasteiger partial charge in [-0.3, -0.25) is 4.79 Å². The van der Waals surface area contributed by atoms with Crippen molar-refractivity contribution in [2.24, 2.45) is 5.92 Å². The number of rotatable bonds is 6. The van der Waals surface area contributed by atoms with Crippen LogP contribution in [0.15, 0.2) is 48.7 Å². The minimum Gasteiger partial charge on any atom is -0.486 e. The van der Waals surface area contributed by atoms with E-state index in [0.29, 0.717) is 0 Å². The molecule has 3 nitrogen and oxygen atoms in total. The zero-order chi connectivity index (χ0) is 12.8. The first-order chi connectivity index (χ1) is 8.75. The van der Waals surface area contributed by atoms with Crippen LogP contribution in [0.2, 0.25) is 0 Å². The number of Topliss-reactive ketones (excluding diaryl/α,β-unsaturated/α-hetero) is 1. The molecular weight excluding hydrogens is 226 g/mol. The molecule has 0 amide bonds. The number of benzene rings is 1. The van der Waals surface area contributed by atoms with Gasteiger partial charge in [0.2, 0.25) is 0 Å². The second-order valence-corrected chi connectivity index (χ2v) is 4.37. The van der Waals surface area contributed by atoms with Gasteiger partial charge in [-0.05, 0) is 30.7 Å². The van der Waals surface area contributed by atoms with Gasteiger partial charge in [-0.25, -0.2) is 0 Å². The van der Waals surface area contributed by atoms with Crippen LogP contribution >= 0.6 is 0 Å². The van der Waals surface area contributed by atoms with Crippen molar-refractivity contribution in [2.75, 3.05) is 6.61 Å². The van der Waals surface area contributed by atoms with Gasteiger partial charge in [0.1, 0.15) is 12.4 Å². The maximum absolute atomic E-state index is 11.9. The highest BCUT2D eigenvalue weighted by Crippen LogP contribution is 2.11. The van der Waals surface area contributed by atoms with Gasteiger partial charge in [-0.2, -0.15) is 0 Å². The lowest BCUT2D eigenvalue weighted by Gasteiger charge is -2.10. The molecule has 0 aliphatic heterocycles. The molecule has 2 aromatic rings. The summed E-state index contributed by atoms with van der Waals surface area (Å²) in [6, 6.07) is 13.3. The van der Waals surface area contributed by atoms with Crippen molar-refractivity contribution in [1.82, 2.24) is 4.98 Å². The average molecular weight is 243 g/mol. The van der Waals surface area contributed by atoms with Gasteiger partial charge in [-0.15, -0.1) is 0 Å². The van der Waals surface area contributed by atoms with Gasteiger partial charge in [-0.1, -0.05) is 25.1 Å². The fourth-order valence-corrected chi connectivity index (χ4v) is 1.75. The van der Waals surface area contributed by atoms with Crippen LogP contribution in [0.1, 0.15) is 12.6 Å². The molecule has 0 bridgehead atoms. The van der Waals surface area contributed by atoms with Crippen molar-refractivity contribution in [3.05, 3.63) is 54.4 Å². The van der Waals surface area contributed by atoms with Crippen molar-refractivity contribution < 1.29 is 9.53 Å². The van der Waals surface area contributed by atoms with E-state index in [1.165, 1.54) is 0 Å². The summed E-state index contributed by atoms with van der Waals surface area (Å²) in [5.41, 5.74) is 1.08. The monoisotopic (exact) mass is 243 g/mol. The lowest BCUT2D eigenvalue weighted by molar-refractivity contribution is -0.124. The predicted octanol–water partition coefficient (Wildman–Crippen LogP) is 2.84. The second kappa shape index (κ2) is 6.05. The zero-order valence-corrected chi connectivity index (χ0v) is 10.4. The fourth-order valence-electron chi connectivity index (χ4n) is 1.75. The molecule has 0 fully saturated rings. The van der Waals surface area contributed by atoms with Gasteiger partial charge < -0.3 is 9.72 Å². The lowest BCUT2D eigenvalue weighted by Crippen LogP contribution is -2.21. The molecule has 0 saturated heterocycles. The number of para-hydroxylation sites is 1. The Hall–Kier alpha value is -2.03. The first kappa shape index (κ1) is 12.4. The highest BCUT2D eigenvalue weighted by atomic mass is 16.5. The lowest BCUT2D eigenvalue weighted by atomic mass is 10.0. The van der Waals surface area contributed by atoms with E-state index >= 15 is 0 Å². The minimum absolute atomic E-state index is 0.0348. The van der Waals surface area contributed by atoms with E-state index in [9.17, 15) is 4.79 Å². The summed E-state index contributed by atoms with van der Waals surface area (Å²) in [5, 5.41) is 0. The molecule has 0 spiro atoms. The third-order valence-electron chi connectivity index (χ3n) is 2.86. The Kier molecular flexibility index (Phi) is 4.18. The Balaban J connectivity index is 1.81. The van der Waals surface area contributed by atoms with E-state index in [2.05, 4.69) is 4.98 Å². The van der Waals surface area contributed by atoms with Crippen molar-refractivity contribution >= 4 is 5.78 Å². The highest BCUT2D eigenvalue weighted by molar-refractivity contribution is 5.82. The summed E-state index contributed by atoms with van der Waals surface area (Å²) >= 11 is 0. The Morgan fingerprint density at radius 1 is 1.22 bits per heavy atom. The first-order valence-corrected chi connectivity index (χ1v) is 6.08. The molecule has 3 heteroatoms. The number of aromatic nitrogens is 1. The second-order valence-electron chi connectivity index (χ2n) is 4.37. The third kappa shape index (κ3) is 3.48. The molecule has 0 aliphatic carbocycles. The van der Waals surface area contributed by atoms with Crippen molar-refractivity contribution in [3.8, 4) is 5.75 Å². The van der Waals surface area contributed by atoms with Gasteiger partial charge in [0.25, 0.3) is 0 Å². The van der Waals surface area contributed by atoms with Crippen LogP contribution in [0.3, 0.4) is 0 Å². The van der Waals surface area contributed by atoms with E-state index in [-0.39, 0.29) is 18.3 Å². The Morgan fingerprint density at radius 3 is 2.67 bits per heavy atom. The van der Waals surface area contributed by atoms with Crippen molar-refractivity contribution in [3.63, 3.8) is 0 Å². The van der Waals surface area contributed by atoms with Gasteiger partial charge >= 0.3 is 0 Å². The maximum atomic E-state index is 11.9. The Bertz CT molecular complexity index is 476. The average Bonchev–Trinajstić information content (AvgIpc) is 2.90. The molecule has 0 aliphatic rings.